The van der Waals surface area contributed by atoms with Crippen molar-refractivity contribution < 1.29 is 19.4 Å². The molecule has 0 spiro atoms. The fourth-order valence-electron chi connectivity index (χ4n) is 3.40. The zero-order valence-electron chi connectivity index (χ0n) is 13.7. The van der Waals surface area contributed by atoms with Crippen molar-refractivity contribution in [3.8, 4) is 0 Å². The van der Waals surface area contributed by atoms with Gasteiger partial charge in [0.05, 0.1) is 12.1 Å². The number of aliphatic hydroxyl groups excluding tert-OH is 2. The molecule has 2 aromatic rings. The van der Waals surface area contributed by atoms with Gasteiger partial charge in [-0.15, -0.1) is 0 Å². The molecule has 1 aromatic heterocycles. The van der Waals surface area contributed by atoms with Crippen LogP contribution in [-0.4, -0.2) is 46.3 Å². The van der Waals surface area contributed by atoms with Gasteiger partial charge in [0, 0.05) is 18.0 Å². The van der Waals surface area contributed by atoms with Crippen LogP contribution in [0.25, 0.3) is 11.0 Å². The number of aryl methyl sites for hydroxylation is 2. The molecule has 0 unspecified atom stereocenters. The van der Waals surface area contributed by atoms with Crippen molar-refractivity contribution in [1.82, 2.24) is 4.90 Å². The lowest BCUT2D eigenvalue weighted by atomic mass is 9.89. The molecule has 2 N–H and O–H groups in total. The number of furan rings is 1. The minimum Gasteiger partial charge on any atom is -0.451 e. The SMILES string of the molecule is Cc1ccc2c(C)c(C(=O)N(C)[C@@H]3CCC[C@@H](O)[C@@H]3O)oc2c1. The molecule has 124 valence electrons. The molecule has 1 aliphatic rings. The number of aliphatic hydroxyl groups is 2. The second kappa shape index (κ2) is 5.98. The summed E-state index contributed by atoms with van der Waals surface area (Å²) in [5.74, 6) is 0.0508. The molecule has 1 aliphatic carbocycles. The van der Waals surface area contributed by atoms with E-state index in [1.54, 1.807) is 7.05 Å². The van der Waals surface area contributed by atoms with E-state index in [1.165, 1.54) is 4.90 Å². The Morgan fingerprint density at radius 1 is 1.26 bits per heavy atom. The van der Waals surface area contributed by atoms with E-state index in [4.69, 9.17) is 4.42 Å². The van der Waals surface area contributed by atoms with Crippen LogP contribution in [0.3, 0.4) is 0 Å². The number of carbonyl (C=O) groups is 1. The van der Waals surface area contributed by atoms with Gasteiger partial charge in [-0.3, -0.25) is 4.79 Å². The normalized spacial score (nSPS) is 24.8. The molecule has 1 fully saturated rings. The van der Waals surface area contributed by atoms with Crippen LogP contribution in [0.5, 0.6) is 0 Å². The molecule has 1 heterocycles. The maximum absolute atomic E-state index is 12.8. The Hall–Kier alpha value is -1.85. The lowest BCUT2D eigenvalue weighted by Gasteiger charge is -2.37. The monoisotopic (exact) mass is 317 g/mol. The Morgan fingerprint density at radius 3 is 2.74 bits per heavy atom. The van der Waals surface area contributed by atoms with Gasteiger partial charge < -0.3 is 19.5 Å². The first-order chi connectivity index (χ1) is 10.9. The van der Waals surface area contributed by atoms with Crippen LogP contribution in [0.1, 0.15) is 40.9 Å². The van der Waals surface area contributed by atoms with Crippen molar-refractivity contribution >= 4 is 16.9 Å². The highest BCUT2D eigenvalue weighted by Crippen LogP contribution is 2.29. The number of rotatable bonds is 2. The summed E-state index contributed by atoms with van der Waals surface area (Å²) in [5, 5.41) is 20.9. The number of amides is 1. The van der Waals surface area contributed by atoms with Crippen LogP contribution in [0.15, 0.2) is 22.6 Å². The Kier molecular flexibility index (Phi) is 4.17. The van der Waals surface area contributed by atoms with Crippen molar-refractivity contribution in [2.24, 2.45) is 0 Å². The molecule has 5 heteroatoms. The predicted octanol–water partition coefficient (Wildman–Crippen LogP) is 2.40. The summed E-state index contributed by atoms with van der Waals surface area (Å²) in [6.07, 6.45) is 0.355. The standard InChI is InChI=1S/C18H23NO4/c1-10-7-8-12-11(2)17(23-15(12)9-10)18(22)19(3)13-5-4-6-14(20)16(13)21/h7-9,13-14,16,20-21H,4-6H2,1-3H3/t13-,14-,16-/m1/s1. The Labute approximate surface area is 135 Å². The minimum atomic E-state index is -0.912. The number of fused-ring (bicyclic) bond motifs is 1. The quantitative estimate of drug-likeness (QED) is 0.892. The zero-order valence-corrected chi connectivity index (χ0v) is 13.7. The van der Waals surface area contributed by atoms with E-state index in [9.17, 15) is 15.0 Å². The summed E-state index contributed by atoms with van der Waals surface area (Å²) in [7, 11) is 1.66. The summed E-state index contributed by atoms with van der Waals surface area (Å²) in [5.41, 5.74) is 2.58. The highest BCUT2D eigenvalue weighted by atomic mass is 16.3. The smallest absolute Gasteiger partial charge is 0.289 e. The molecular weight excluding hydrogens is 294 g/mol. The predicted molar refractivity (Wildman–Crippen MR) is 87.4 cm³/mol. The van der Waals surface area contributed by atoms with Crippen LogP contribution >= 0.6 is 0 Å². The van der Waals surface area contributed by atoms with Gasteiger partial charge in [-0.05, 0) is 44.7 Å². The van der Waals surface area contributed by atoms with Gasteiger partial charge >= 0.3 is 0 Å². The number of hydrogen-bond donors (Lipinski definition) is 2. The van der Waals surface area contributed by atoms with Crippen LogP contribution in [-0.2, 0) is 0 Å². The largest absolute Gasteiger partial charge is 0.451 e. The fourth-order valence-corrected chi connectivity index (χ4v) is 3.40. The maximum Gasteiger partial charge on any atom is 0.289 e. The molecule has 0 radical (unpaired) electrons. The third-order valence-corrected chi connectivity index (χ3v) is 4.89. The zero-order chi connectivity index (χ0) is 16.7. The summed E-state index contributed by atoms with van der Waals surface area (Å²) < 4.78 is 5.78. The highest BCUT2D eigenvalue weighted by molar-refractivity contribution is 5.99. The number of likely N-dealkylation sites (N-methyl/N-ethyl adjacent to an activating group) is 1. The molecule has 3 atom stereocenters. The van der Waals surface area contributed by atoms with Crippen LogP contribution in [0.2, 0.25) is 0 Å². The van der Waals surface area contributed by atoms with E-state index in [-0.39, 0.29) is 11.9 Å². The molecule has 0 bridgehead atoms. The van der Waals surface area contributed by atoms with Crippen molar-refractivity contribution in [3.63, 3.8) is 0 Å². The van der Waals surface area contributed by atoms with E-state index in [0.717, 1.165) is 22.9 Å². The van der Waals surface area contributed by atoms with Crippen molar-refractivity contribution in [2.75, 3.05) is 7.05 Å². The Morgan fingerprint density at radius 2 is 2.00 bits per heavy atom. The minimum absolute atomic E-state index is 0.255. The number of hydrogen-bond acceptors (Lipinski definition) is 4. The number of carbonyl (C=O) groups excluding carboxylic acids is 1. The lowest BCUT2D eigenvalue weighted by molar-refractivity contribution is -0.0530. The van der Waals surface area contributed by atoms with Gasteiger partial charge in [-0.2, -0.15) is 0 Å². The molecule has 5 nitrogen and oxygen atoms in total. The van der Waals surface area contributed by atoms with Crippen molar-refractivity contribution in [2.45, 2.75) is 51.4 Å². The molecule has 1 aromatic carbocycles. The summed E-state index contributed by atoms with van der Waals surface area (Å²) >= 11 is 0. The number of nitrogens with zero attached hydrogens (tertiary/aromatic N) is 1. The van der Waals surface area contributed by atoms with E-state index in [1.807, 2.05) is 32.0 Å². The molecule has 23 heavy (non-hydrogen) atoms. The van der Waals surface area contributed by atoms with Gasteiger partial charge in [0.25, 0.3) is 5.91 Å². The third kappa shape index (κ3) is 2.75. The van der Waals surface area contributed by atoms with Gasteiger partial charge in [0.15, 0.2) is 5.76 Å². The van der Waals surface area contributed by atoms with E-state index in [2.05, 4.69) is 0 Å². The second-order valence-corrected chi connectivity index (χ2v) is 6.53. The van der Waals surface area contributed by atoms with Crippen LogP contribution in [0, 0.1) is 13.8 Å². The topological polar surface area (TPSA) is 73.9 Å². The van der Waals surface area contributed by atoms with Gasteiger partial charge in [-0.1, -0.05) is 12.1 Å². The maximum atomic E-state index is 12.8. The fraction of sp³-hybridized carbons (Fsp3) is 0.500. The van der Waals surface area contributed by atoms with Crippen molar-refractivity contribution in [1.29, 1.82) is 0 Å². The van der Waals surface area contributed by atoms with Crippen LogP contribution < -0.4 is 0 Å². The third-order valence-electron chi connectivity index (χ3n) is 4.89. The second-order valence-electron chi connectivity index (χ2n) is 6.53. The first kappa shape index (κ1) is 16.0. The van der Waals surface area contributed by atoms with E-state index in [0.29, 0.717) is 24.2 Å². The summed E-state index contributed by atoms with van der Waals surface area (Å²) in [6.45, 7) is 3.85. The van der Waals surface area contributed by atoms with Crippen LogP contribution in [0.4, 0.5) is 0 Å². The first-order valence-corrected chi connectivity index (χ1v) is 8.03. The molecule has 1 saturated carbocycles. The molecule has 1 amide bonds. The van der Waals surface area contributed by atoms with E-state index < -0.39 is 12.2 Å². The summed E-state index contributed by atoms with van der Waals surface area (Å²) in [6, 6.07) is 5.47. The van der Waals surface area contributed by atoms with Gasteiger partial charge in [0.1, 0.15) is 11.7 Å². The van der Waals surface area contributed by atoms with Gasteiger partial charge in [0.2, 0.25) is 0 Å². The highest BCUT2D eigenvalue weighted by Gasteiger charge is 2.36. The Bertz CT molecular complexity index is 736. The average molecular weight is 317 g/mol. The van der Waals surface area contributed by atoms with Gasteiger partial charge in [-0.25, -0.2) is 0 Å². The summed E-state index contributed by atoms with van der Waals surface area (Å²) in [4.78, 5) is 14.3. The molecular formula is C18H23NO4. The molecule has 0 aliphatic heterocycles. The number of benzene rings is 1. The Balaban J connectivity index is 1.92. The van der Waals surface area contributed by atoms with Crippen molar-refractivity contribution in [3.05, 3.63) is 35.1 Å². The molecule has 0 saturated heterocycles. The van der Waals surface area contributed by atoms with E-state index >= 15 is 0 Å². The lowest BCUT2D eigenvalue weighted by Crippen LogP contribution is -2.51. The average Bonchev–Trinajstić information content (AvgIpc) is 2.85. The molecule has 3 rings (SSSR count). The first-order valence-electron chi connectivity index (χ1n) is 8.03.